The molecule has 11 nitrogen and oxygen atoms in total. The van der Waals surface area contributed by atoms with Gasteiger partial charge in [0.15, 0.2) is 11.6 Å². The third-order valence-corrected chi connectivity index (χ3v) is 1.82. The number of allylic oxidation sites excluding steroid dienone is 4. The molecule has 0 bridgehead atoms. The number of ketones is 2. The van der Waals surface area contributed by atoms with Gasteiger partial charge in [-0.3, -0.25) is 9.59 Å². The Hall–Kier alpha value is -1.63. The van der Waals surface area contributed by atoms with Gasteiger partial charge in [0, 0.05) is 66.7 Å². The molecule has 0 fully saturated rings. The van der Waals surface area contributed by atoms with Gasteiger partial charge in [0.25, 0.3) is 0 Å². The van der Waals surface area contributed by atoms with Crippen LogP contribution in [-0.4, -0.2) is 23.0 Å². The van der Waals surface area contributed by atoms with Crippen LogP contribution in [0.15, 0.2) is 54.0 Å². The Morgan fingerprint density at radius 1 is 0.727 bits per heavy atom. The molecule has 0 unspecified atom stereocenters. The van der Waals surface area contributed by atoms with Crippen LogP contribution in [0.4, 0.5) is 0 Å². The van der Waals surface area contributed by atoms with E-state index in [0.29, 0.717) is 0 Å². The van der Waals surface area contributed by atoms with Crippen LogP contribution in [0.1, 0.15) is 38.1 Å². The fourth-order valence-electron chi connectivity index (χ4n) is 1.15. The van der Waals surface area contributed by atoms with Crippen LogP contribution in [0, 0.1) is 69.3 Å². The second-order valence-electron chi connectivity index (χ2n) is 4.38. The molecule has 0 aromatic heterocycles. The number of hydrogen-bond acceptors (Lipinski definition) is 6. The molecule has 0 aliphatic rings. The van der Waals surface area contributed by atoms with Crippen molar-refractivity contribution in [2.45, 2.75) is 27.7 Å². The Labute approximate surface area is 244 Å². The second-order valence-corrected chi connectivity index (χ2v) is 4.38. The molecule has 13 heteroatoms. The van der Waals surface area contributed by atoms with Gasteiger partial charge in [-0.25, -0.2) is 0 Å². The third kappa shape index (κ3) is 72.4. The third-order valence-electron chi connectivity index (χ3n) is 1.82. The summed E-state index contributed by atoms with van der Waals surface area (Å²) in [6.07, 6.45) is 2.11. The monoisotopic (exact) mass is 645 g/mol. The molecule has 185 valence electrons. The molecule has 1 aromatic carbocycles. The normalized spacial score (nSPS) is 7.45. The number of benzene rings is 1. The summed E-state index contributed by atoms with van der Waals surface area (Å²) < 4.78 is 22.5. The first kappa shape index (κ1) is 57.8. The van der Waals surface area contributed by atoms with Gasteiger partial charge in [0.2, 0.25) is 0 Å². The average Bonchev–Trinajstić information content (AvgIpc) is 2.66. The van der Waals surface area contributed by atoms with E-state index in [1.54, 1.807) is 18.2 Å². The molecule has 0 heterocycles. The zero-order valence-corrected chi connectivity index (χ0v) is 21.8. The van der Waals surface area contributed by atoms with Crippen LogP contribution in [-0.2, 0) is 46.4 Å². The molecule has 0 aliphatic heterocycles. The van der Waals surface area contributed by atoms with Crippen LogP contribution in [0.2, 0.25) is 0 Å². The van der Waals surface area contributed by atoms with Gasteiger partial charge in [0.05, 0.1) is 5.97 Å². The number of aromatic carboxylic acids is 1. The fourth-order valence-corrected chi connectivity index (χ4v) is 1.15. The molecular formula is C20H24CrEuO11-2. The van der Waals surface area contributed by atoms with Crippen LogP contribution >= 0.6 is 0 Å². The van der Waals surface area contributed by atoms with Crippen molar-refractivity contribution in [3.05, 3.63) is 79.5 Å². The molecule has 0 saturated carbocycles. The summed E-state index contributed by atoms with van der Waals surface area (Å²) in [7, 11) is 0. The molecule has 0 saturated heterocycles. The number of carbonyl (C=O) groups is 3. The average molecular weight is 644 g/mol. The molecule has 1 aromatic rings. The zero-order valence-electron chi connectivity index (χ0n) is 18.1. The van der Waals surface area contributed by atoms with E-state index in [1.807, 2.05) is 0 Å². The number of hydrogen-bond donors (Lipinski definition) is 0. The molecule has 5 N–H and O–H groups in total. The van der Waals surface area contributed by atoms with Crippen molar-refractivity contribution in [2.75, 3.05) is 0 Å². The summed E-state index contributed by atoms with van der Waals surface area (Å²) in [6, 6.07) is 8.06. The summed E-state index contributed by atoms with van der Waals surface area (Å²) in [6.45, 7) is 18.9. The van der Waals surface area contributed by atoms with Gasteiger partial charge < -0.3 is 31.1 Å². The summed E-state index contributed by atoms with van der Waals surface area (Å²) in [5.41, 5.74) is 0.220. The minimum absolute atomic E-state index is 0. The maximum Gasteiger partial charge on any atom is 0 e. The Morgan fingerprint density at radius 3 is 1.06 bits per heavy atom. The Balaban J connectivity index is -0.0000000320. The smallest absolute Gasteiger partial charge is 0 e. The van der Waals surface area contributed by atoms with Crippen LogP contribution < -0.4 is 15.3 Å². The number of carboxylic acids is 1. The number of carbonyl (C=O) groups excluding carboxylic acids is 3. The molecule has 1 rings (SSSR count). The van der Waals surface area contributed by atoms with Gasteiger partial charge >= 0.3 is 33.9 Å². The number of carboxylic acid groups (broad SMARTS) is 1. The van der Waals surface area contributed by atoms with Crippen molar-refractivity contribution < 1.29 is 121 Å². The molecule has 0 aliphatic carbocycles. The predicted octanol–water partition coefficient (Wildman–Crippen LogP) is -2.13. The van der Waals surface area contributed by atoms with Crippen molar-refractivity contribution >= 4 is 17.5 Å². The summed E-state index contributed by atoms with van der Waals surface area (Å²) >= 11 is 0. The van der Waals surface area contributed by atoms with Crippen molar-refractivity contribution in [1.82, 2.24) is 0 Å². The first-order chi connectivity index (χ1) is 13.6. The van der Waals surface area contributed by atoms with Gasteiger partial charge in [-0.05, 0) is 31.6 Å². The van der Waals surface area contributed by atoms with E-state index in [1.165, 1.54) is 39.8 Å². The fraction of sp³-hybridized carbons (Fsp3) is 0.200. The largest absolute Gasteiger partial charge is 0.457 e. The second kappa shape index (κ2) is 48.0. The first-order valence-electron chi connectivity index (χ1n) is 7.15. The van der Waals surface area contributed by atoms with Gasteiger partial charge in [-0.1, -0.05) is 44.2 Å². The van der Waals surface area contributed by atoms with Gasteiger partial charge in [-0.15, -0.1) is 11.5 Å². The van der Waals surface area contributed by atoms with E-state index in [-0.39, 0.29) is 106 Å². The van der Waals surface area contributed by atoms with Gasteiger partial charge in [-0.2, -0.15) is 0 Å². The van der Waals surface area contributed by atoms with E-state index < -0.39 is 5.97 Å². The molecule has 0 atom stereocenters. The maximum atomic E-state index is 10.1. The van der Waals surface area contributed by atoms with E-state index in [2.05, 4.69) is 20.0 Å². The van der Waals surface area contributed by atoms with Crippen molar-refractivity contribution in [3.63, 3.8) is 0 Å². The minimum atomic E-state index is -1.13. The standard InChI is InChI=1S/C7H6O2.2C5H8O2.3CO.Cr.Eu.2H2O/c8-7(9)6-4-2-1-3-5-6;2*1-4(6)3-5(2)7;3*1-2;;;;/h1-5H,(H,8,9);2*3,6H,1-2H3;;;;;;2*1H2/p-2/b;2*4-3-;;;;;;;. The van der Waals surface area contributed by atoms with E-state index >= 15 is 0 Å². The molecular weight excluding hydrogens is 620 g/mol. The molecule has 33 heavy (non-hydrogen) atoms. The summed E-state index contributed by atoms with van der Waals surface area (Å²) in [4.78, 5) is 30.0. The van der Waals surface area contributed by atoms with Crippen LogP contribution in [0.25, 0.3) is 0 Å². The molecule has 0 amide bonds. The van der Waals surface area contributed by atoms with Crippen LogP contribution in [0.3, 0.4) is 0 Å². The van der Waals surface area contributed by atoms with Crippen molar-refractivity contribution in [2.24, 2.45) is 0 Å². The Kier molecular flexibility index (Phi) is 84.0. The quantitative estimate of drug-likeness (QED) is 0.154. The zero-order chi connectivity index (χ0) is 24.4. The van der Waals surface area contributed by atoms with Crippen molar-refractivity contribution in [3.8, 4) is 0 Å². The maximum absolute atomic E-state index is 10.1. The first-order valence-corrected chi connectivity index (χ1v) is 7.15. The van der Waals surface area contributed by atoms with Crippen LogP contribution in [0.5, 0.6) is 0 Å². The summed E-state index contributed by atoms with van der Waals surface area (Å²) in [5.74, 6) is -1.88. The van der Waals surface area contributed by atoms with E-state index in [9.17, 15) is 29.7 Å². The summed E-state index contributed by atoms with van der Waals surface area (Å²) in [5, 5.41) is 30.0. The number of rotatable bonds is 3. The molecule has 0 spiro atoms. The SMILES string of the molecule is CC(=O)/C=C(/C)[O-].CC(=O)/C=C(/C)[O-].O.O=C([O-])c1ccccc1.[C-]#[O+].[C-]#[O+].[C-]#[O+].[Cr].[Eu].[OH3+]. The predicted molar refractivity (Wildman–Crippen MR) is 99.9 cm³/mol. The van der Waals surface area contributed by atoms with E-state index in [4.69, 9.17) is 14.0 Å². The van der Waals surface area contributed by atoms with E-state index in [0.717, 1.165) is 12.2 Å². The Morgan fingerprint density at radius 2 is 0.970 bits per heavy atom. The van der Waals surface area contributed by atoms with Crippen molar-refractivity contribution in [1.29, 1.82) is 0 Å². The van der Waals surface area contributed by atoms with Gasteiger partial charge in [0.1, 0.15) is 0 Å². The minimum Gasteiger partial charge on any atom is -0.457 e. The Bertz CT molecular complexity index is 659. The molecule has 1 radical (unpaired) electrons. The topological polar surface area (TPSA) is 245 Å².